The summed E-state index contributed by atoms with van der Waals surface area (Å²) in [4.78, 5) is 34.9. The van der Waals surface area contributed by atoms with E-state index in [-0.39, 0.29) is 6.61 Å². The van der Waals surface area contributed by atoms with Gasteiger partial charge in [-0.05, 0) is 30.7 Å². The van der Waals surface area contributed by atoms with E-state index in [9.17, 15) is 14.4 Å². The number of aryl methyl sites for hydroxylation is 1. The summed E-state index contributed by atoms with van der Waals surface area (Å²) in [6.45, 7) is 0.989. The van der Waals surface area contributed by atoms with Crippen LogP contribution in [0.1, 0.15) is 15.9 Å². The fraction of sp³-hybridized carbons (Fsp3) is 0.167. The Hall–Kier alpha value is -3.15. The van der Waals surface area contributed by atoms with Gasteiger partial charge in [0, 0.05) is 5.56 Å². The zero-order valence-electron chi connectivity index (χ0n) is 13.2. The molecule has 0 heterocycles. The third-order valence-corrected chi connectivity index (χ3v) is 3.09. The van der Waals surface area contributed by atoms with Crippen LogP contribution >= 0.6 is 0 Å². The average Bonchev–Trinajstić information content (AvgIpc) is 2.60. The predicted molar refractivity (Wildman–Crippen MR) is 86.5 cm³/mol. The lowest BCUT2D eigenvalue weighted by Crippen LogP contribution is -2.34. The highest BCUT2D eigenvalue weighted by Crippen LogP contribution is 2.15. The summed E-state index contributed by atoms with van der Waals surface area (Å²) in [7, 11) is 0. The van der Waals surface area contributed by atoms with Crippen molar-refractivity contribution < 1.29 is 23.9 Å². The molecular formula is C18H17NO5. The Morgan fingerprint density at radius 1 is 0.917 bits per heavy atom. The fourth-order valence-corrected chi connectivity index (χ4v) is 1.87. The van der Waals surface area contributed by atoms with Crippen LogP contribution in [0.2, 0.25) is 0 Å². The van der Waals surface area contributed by atoms with Crippen molar-refractivity contribution in [2.75, 3.05) is 13.2 Å². The number of rotatable bonds is 6. The molecule has 0 aliphatic heterocycles. The second-order valence-electron chi connectivity index (χ2n) is 4.96. The van der Waals surface area contributed by atoms with Crippen LogP contribution in [-0.2, 0) is 14.3 Å². The maximum atomic E-state index is 11.8. The van der Waals surface area contributed by atoms with E-state index >= 15 is 0 Å². The molecule has 2 rings (SSSR count). The van der Waals surface area contributed by atoms with Gasteiger partial charge in [0.1, 0.15) is 5.75 Å². The number of benzene rings is 2. The zero-order valence-corrected chi connectivity index (χ0v) is 13.2. The van der Waals surface area contributed by atoms with Gasteiger partial charge >= 0.3 is 5.97 Å². The van der Waals surface area contributed by atoms with Gasteiger partial charge in [-0.2, -0.15) is 0 Å². The van der Waals surface area contributed by atoms with Gasteiger partial charge in [0.05, 0.1) is 0 Å². The number of para-hydroxylation sites is 1. The van der Waals surface area contributed by atoms with Crippen molar-refractivity contribution in [2.24, 2.45) is 0 Å². The zero-order chi connectivity index (χ0) is 17.4. The highest BCUT2D eigenvalue weighted by Gasteiger charge is 2.13. The number of amides is 2. The maximum Gasteiger partial charge on any atom is 0.344 e. The van der Waals surface area contributed by atoms with E-state index in [1.807, 2.05) is 19.1 Å². The first-order valence-corrected chi connectivity index (χ1v) is 7.29. The van der Waals surface area contributed by atoms with E-state index in [1.165, 1.54) is 0 Å². The number of imide groups is 1. The lowest BCUT2D eigenvalue weighted by molar-refractivity contribution is -0.150. The molecule has 6 nitrogen and oxygen atoms in total. The Kier molecular flexibility index (Phi) is 6.08. The third kappa shape index (κ3) is 5.24. The van der Waals surface area contributed by atoms with Gasteiger partial charge in [-0.3, -0.25) is 14.9 Å². The first kappa shape index (κ1) is 17.2. The molecule has 0 saturated carbocycles. The minimum absolute atomic E-state index is 0.315. The molecule has 2 amide bonds. The van der Waals surface area contributed by atoms with Crippen molar-refractivity contribution in [1.29, 1.82) is 0 Å². The molecule has 6 heteroatoms. The number of ether oxygens (including phenoxy) is 2. The molecule has 0 atom stereocenters. The first-order valence-electron chi connectivity index (χ1n) is 7.29. The van der Waals surface area contributed by atoms with Crippen LogP contribution in [0.25, 0.3) is 0 Å². The van der Waals surface area contributed by atoms with Crippen molar-refractivity contribution in [1.82, 2.24) is 5.32 Å². The van der Waals surface area contributed by atoms with Crippen molar-refractivity contribution in [3.8, 4) is 5.75 Å². The monoisotopic (exact) mass is 327 g/mol. The minimum atomic E-state index is -0.701. The molecule has 0 bridgehead atoms. The third-order valence-electron chi connectivity index (χ3n) is 3.09. The van der Waals surface area contributed by atoms with Gasteiger partial charge in [0.15, 0.2) is 13.2 Å². The number of hydrogen-bond acceptors (Lipinski definition) is 5. The topological polar surface area (TPSA) is 81.7 Å². The van der Waals surface area contributed by atoms with Crippen molar-refractivity contribution >= 4 is 17.8 Å². The molecule has 0 unspecified atom stereocenters. The van der Waals surface area contributed by atoms with Crippen LogP contribution in [0.3, 0.4) is 0 Å². The Bertz CT molecular complexity index is 727. The summed E-state index contributed by atoms with van der Waals surface area (Å²) >= 11 is 0. The Morgan fingerprint density at radius 2 is 1.58 bits per heavy atom. The molecule has 1 N–H and O–H groups in total. The summed E-state index contributed by atoms with van der Waals surface area (Å²) < 4.78 is 10.1. The van der Waals surface area contributed by atoms with Gasteiger partial charge in [0.25, 0.3) is 11.8 Å². The van der Waals surface area contributed by atoms with Gasteiger partial charge < -0.3 is 9.47 Å². The number of nitrogens with one attached hydrogen (secondary N) is 1. The van der Waals surface area contributed by atoms with Crippen LogP contribution in [0.15, 0.2) is 54.6 Å². The maximum absolute atomic E-state index is 11.8. The molecule has 0 saturated heterocycles. The first-order chi connectivity index (χ1) is 11.6. The Labute approximate surface area is 139 Å². The van der Waals surface area contributed by atoms with E-state index in [1.54, 1.807) is 42.5 Å². The standard InChI is InChI=1S/C18H17NO5/c1-13-7-5-6-10-15(13)23-12-17(21)24-11-16(20)19-18(22)14-8-3-2-4-9-14/h2-10H,11-12H2,1H3,(H,19,20,22). The molecule has 2 aromatic rings. The van der Waals surface area contributed by atoms with Gasteiger partial charge in [-0.15, -0.1) is 0 Å². The van der Waals surface area contributed by atoms with Crippen LogP contribution < -0.4 is 10.1 Å². The molecule has 2 aromatic carbocycles. The summed E-state index contributed by atoms with van der Waals surface area (Å²) in [5, 5.41) is 2.14. The Balaban J connectivity index is 1.72. The molecule has 0 spiro atoms. The predicted octanol–water partition coefficient (Wildman–Crippen LogP) is 1.87. The van der Waals surface area contributed by atoms with Crippen LogP contribution in [0.4, 0.5) is 0 Å². The van der Waals surface area contributed by atoms with Gasteiger partial charge in [-0.25, -0.2) is 4.79 Å². The molecule has 0 radical (unpaired) electrons. The smallest absolute Gasteiger partial charge is 0.344 e. The van der Waals surface area contributed by atoms with Crippen LogP contribution in [0, 0.1) is 6.92 Å². The lowest BCUT2D eigenvalue weighted by Gasteiger charge is -2.09. The van der Waals surface area contributed by atoms with E-state index < -0.39 is 24.4 Å². The highest BCUT2D eigenvalue weighted by atomic mass is 16.6. The second-order valence-corrected chi connectivity index (χ2v) is 4.96. The van der Waals surface area contributed by atoms with E-state index in [0.717, 1.165) is 5.56 Å². The summed E-state index contributed by atoms with van der Waals surface area (Å²) in [5.41, 5.74) is 1.23. The molecule has 0 aliphatic rings. The van der Waals surface area contributed by atoms with E-state index in [2.05, 4.69) is 5.32 Å². The number of carbonyl (C=O) groups excluding carboxylic acids is 3. The average molecular weight is 327 g/mol. The van der Waals surface area contributed by atoms with Crippen LogP contribution in [0.5, 0.6) is 5.75 Å². The molecular weight excluding hydrogens is 310 g/mol. The van der Waals surface area contributed by atoms with Crippen molar-refractivity contribution in [3.05, 3.63) is 65.7 Å². The largest absolute Gasteiger partial charge is 0.482 e. The quantitative estimate of drug-likeness (QED) is 0.819. The minimum Gasteiger partial charge on any atom is -0.482 e. The molecule has 0 aliphatic carbocycles. The van der Waals surface area contributed by atoms with Gasteiger partial charge in [-0.1, -0.05) is 36.4 Å². The molecule has 0 fully saturated rings. The lowest BCUT2D eigenvalue weighted by atomic mass is 10.2. The van der Waals surface area contributed by atoms with Crippen molar-refractivity contribution in [2.45, 2.75) is 6.92 Å². The molecule has 124 valence electrons. The van der Waals surface area contributed by atoms with Crippen molar-refractivity contribution in [3.63, 3.8) is 0 Å². The molecule has 0 aromatic heterocycles. The SMILES string of the molecule is Cc1ccccc1OCC(=O)OCC(=O)NC(=O)c1ccccc1. The second kappa shape index (κ2) is 8.47. The summed E-state index contributed by atoms with van der Waals surface area (Å²) in [5.74, 6) is -1.38. The normalized spacial score (nSPS) is 9.88. The number of esters is 1. The van der Waals surface area contributed by atoms with Crippen LogP contribution in [-0.4, -0.2) is 31.0 Å². The molecule has 24 heavy (non-hydrogen) atoms. The van der Waals surface area contributed by atoms with E-state index in [4.69, 9.17) is 9.47 Å². The highest BCUT2D eigenvalue weighted by molar-refractivity contribution is 6.05. The summed E-state index contributed by atoms with van der Waals surface area (Å²) in [6, 6.07) is 15.5. The number of carbonyl (C=O) groups is 3. The fourth-order valence-electron chi connectivity index (χ4n) is 1.87. The van der Waals surface area contributed by atoms with Gasteiger partial charge in [0.2, 0.25) is 0 Å². The Morgan fingerprint density at radius 3 is 2.29 bits per heavy atom. The van der Waals surface area contributed by atoms with E-state index in [0.29, 0.717) is 11.3 Å². The summed E-state index contributed by atoms with van der Waals surface area (Å²) in [6.07, 6.45) is 0. The number of hydrogen-bond donors (Lipinski definition) is 1.